The highest BCUT2D eigenvalue weighted by Crippen LogP contribution is 2.31. The van der Waals surface area contributed by atoms with Crippen LogP contribution in [0.3, 0.4) is 0 Å². The minimum Gasteiger partial charge on any atom is -0.356 e. The van der Waals surface area contributed by atoms with Gasteiger partial charge in [0.15, 0.2) is 0 Å². The number of carbonyl (C=O) groups is 1. The van der Waals surface area contributed by atoms with Gasteiger partial charge in [0.1, 0.15) is 0 Å². The van der Waals surface area contributed by atoms with Crippen molar-refractivity contribution in [3.8, 4) is 0 Å². The average Bonchev–Trinajstić information content (AvgIpc) is 2.36. The van der Waals surface area contributed by atoms with Crippen molar-refractivity contribution in [2.75, 3.05) is 6.54 Å². The molecule has 2 nitrogen and oxygen atoms in total. The summed E-state index contributed by atoms with van der Waals surface area (Å²) in [6.45, 7) is 5.18. The molecule has 1 amide bonds. The number of amides is 1. The Hall–Kier alpha value is -0.0500. The number of hydrogen-bond acceptors (Lipinski definition) is 1. The van der Waals surface area contributed by atoms with E-state index < -0.39 is 0 Å². The zero-order chi connectivity index (χ0) is 13.4. The first-order valence-electron chi connectivity index (χ1n) is 7.55. The molecule has 1 aliphatic rings. The molecule has 0 aromatic carbocycles. The zero-order valence-corrected chi connectivity index (χ0v) is 13.5. The summed E-state index contributed by atoms with van der Waals surface area (Å²) in [5, 5.41) is 3.07. The van der Waals surface area contributed by atoms with Gasteiger partial charge in [-0.05, 0) is 38.0 Å². The Morgan fingerprint density at radius 2 is 2.00 bits per heavy atom. The highest BCUT2D eigenvalue weighted by molar-refractivity contribution is 9.09. The van der Waals surface area contributed by atoms with Crippen LogP contribution in [-0.2, 0) is 4.79 Å². The number of unbranched alkanes of at least 4 members (excludes halogenated alkanes) is 1. The molecule has 0 saturated heterocycles. The highest BCUT2D eigenvalue weighted by atomic mass is 79.9. The molecule has 0 radical (unpaired) electrons. The van der Waals surface area contributed by atoms with Gasteiger partial charge in [-0.15, -0.1) is 0 Å². The summed E-state index contributed by atoms with van der Waals surface area (Å²) in [6.07, 6.45) is 9.74. The molecule has 0 spiro atoms. The summed E-state index contributed by atoms with van der Waals surface area (Å²) < 4.78 is 0. The van der Waals surface area contributed by atoms with E-state index >= 15 is 0 Å². The summed E-state index contributed by atoms with van der Waals surface area (Å²) >= 11 is 3.50. The standard InChI is InChI=1S/C15H28BrNO/c1-3-4-5-13-6-8-14(9-7-13)15(18)17-11-10-12(2)16/h12-14H,3-11H2,1-2H3,(H,17,18). The fraction of sp³-hybridized carbons (Fsp3) is 0.933. The van der Waals surface area contributed by atoms with Gasteiger partial charge in [-0.3, -0.25) is 4.79 Å². The van der Waals surface area contributed by atoms with Crippen LogP contribution in [-0.4, -0.2) is 17.3 Å². The Morgan fingerprint density at radius 1 is 1.33 bits per heavy atom. The van der Waals surface area contributed by atoms with Crippen LogP contribution in [0.25, 0.3) is 0 Å². The Labute approximate surface area is 120 Å². The van der Waals surface area contributed by atoms with Crippen molar-refractivity contribution in [1.29, 1.82) is 0 Å². The largest absolute Gasteiger partial charge is 0.356 e. The first-order valence-corrected chi connectivity index (χ1v) is 8.46. The van der Waals surface area contributed by atoms with Crippen molar-refractivity contribution >= 4 is 21.8 Å². The van der Waals surface area contributed by atoms with Gasteiger partial charge in [0.05, 0.1) is 0 Å². The van der Waals surface area contributed by atoms with Crippen LogP contribution in [0.5, 0.6) is 0 Å². The molecule has 0 aromatic heterocycles. The van der Waals surface area contributed by atoms with Gasteiger partial charge >= 0.3 is 0 Å². The number of alkyl halides is 1. The molecule has 1 aliphatic carbocycles. The summed E-state index contributed by atoms with van der Waals surface area (Å²) in [6, 6.07) is 0. The lowest BCUT2D eigenvalue weighted by Gasteiger charge is -2.27. The van der Waals surface area contributed by atoms with Crippen LogP contribution in [0.2, 0.25) is 0 Å². The summed E-state index contributed by atoms with van der Waals surface area (Å²) in [5.74, 6) is 1.46. The van der Waals surface area contributed by atoms with Crippen molar-refractivity contribution in [1.82, 2.24) is 5.32 Å². The molecule has 1 fully saturated rings. The molecular formula is C15H28BrNO. The molecule has 1 unspecified atom stereocenters. The smallest absolute Gasteiger partial charge is 0.223 e. The molecule has 1 atom stereocenters. The van der Waals surface area contributed by atoms with E-state index in [9.17, 15) is 4.79 Å². The Balaban J connectivity index is 2.15. The Bertz CT molecular complexity index is 235. The summed E-state index contributed by atoms with van der Waals surface area (Å²) in [4.78, 5) is 12.5. The first-order chi connectivity index (χ1) is 8.63. The van der Waals surface area contributed by atoms with Crippen LogP contribution in [0, 0.1) is 11.8 Å². The normalized spacial score (nSPS) is 25.7. The maximum absolute atomic E-state index is 12.0. The molecular weight excluding hydrogens is 290 g/mol. The predicted molar refractivity (Wildman–Crippen MR) is 81.0 cm³/mol. The van der Waals surface area contributed by atoms with Gasteiger partial charge in [-0.2, -0.15) is 0 Å². The van der Waals surface area contributed by atoms with Crippen LogP contribution in [0.1, 0.15) is 65.2 Å². The molecule has 18 heavy (non-hydrogen) atoms. The van der Waals surface area contributed by atoms with Crippen molar-refractivity contribution in [3.63, 3.8) is 0 Å². The lowest BCUT2D eigenvalue weighted by molar-refractivity contribution is -0.126. The molecule has 106 valence electrons. The molecule has 0 heterocycles. The third-order valence-electron chi connectivity index (χ3n) is 4.02. The molecule has 1 rings (SSSR count). The van der Waals surface area contributed by atoms with E-state index in [1.54, 1.807) is 0 Å². The second kappa shape index (κ2) is 8.95. The van der Waals surface area contributed by atoms with E-state index in [1.807, 2.05) is 0 Å². The van der Waals surface area contributed by atoms with Crippen molar-refractivity contribution in [2.24, 2.45) is 11.8 Å². The summed E-state index contributed by atoms with van der Waals surface area (Å²) in [7, 11) is 0. The maximum atomic E-state index is 12.0. The van der Waals surface area contributed by atoms with Crippen LogP contribution < -0.4 is 5.32 Å². The topological polar surface area (TPSA) is 29.1 Å². The molecule has 0 aromatic rings. The lowest BCUT2D eigenvalue weighted by atomic mass is 9.79. The third-order valence-corrected chi connectivity index (χ3v) is 4.48. The Morgan fingerprint density at radius 3 is 2.56 bits per heavy atom. The van der Waals surface area contributed by atoms with Crippen molar-refractivity contribution in [3.05, 3.63) is 0 Å². The number of rotatable bonds is 7. The second-order valence-corrected chi connectivity index (χ2v) is 7.28. The molecule has 0 aliphatic heterocycles. The number of nitrogens with one attached hydrogen (secondary N) is 1. The molecule has 1 saturated carbocycles. The van der Waals surface area contributed by atoms with E-state index in [0.29, 0.717) is 4.83 Å². The predicted octanol–water partition coefficient (Wildman–Crippen LogP) is 4.27. The zero-order valence-electron chi connectivity index (χ0n) is 11.9. The SMILES string of the molecule is CCCCC1CCC(C(=O)NCCC(C)Br)CC1. The number of carbonyl (C=O) groups excluding carboxylic acids is 1. The fourth-order valence-corrected chi connectivity index (χ4v) is 2.97. The minimum atomic E-state index is 0.286. The quantitative estimate of drug-likeness (QED) is 0.698. The highest BCUT2D eigenvalue weighted by Gasteiger charge is 2.25. The lowest BCUT2D eigenvalue weighted by Crippen LogP contribution is -2.34. The van der Waals surface area contributed by atoms with E-state index in [0.717, 1.165) is 31.7 Å². The minimum absolute atomic E-state index is 0.286. The van der Waals surface area contributed by atoms with Gasteiger partial charge in [0, 0.05) is 17.3 Å². The molecule has 3 heteroatoms. The second-order valence-electron chi connectivity index (χ2n) is 5.72. The van der Waals surface area contributed by atoms with Crippen molar-refractivity contribution < 1.29 is 4.79 Å². The van der Waals surface area contributed by atoms with Crippen LogP contribution >= 0.6 is 15.9 Å². The van der Waals surface area contributed by atoms with Crippen molar-refractivity contribution in [2.45, 2.75) is 70.0 Å². The molecule has 1 N–H and O–H groups in total. The van der Waals surface area contributed by atoms with Crippen LogP contribution in [0.15, 0.2) is 0 Å². The van der Waals surface area contributed by atoms with E-state index in [2.05, 4.69) is 35.1 Å². The monoisotopic (exact) mass is 317 g/mol. The Kier molecular flexibility index (Phi) is 7.96. The van der Waals surface area contributed by atoms with E-state index in [1.165, 1.54) is 32.1 Å². The van der Waals surface area contributed by atoms with Gasteiger partial charge in [0.2, 0.25) is 5.91 Å². The maximum Gasteiger partial charge on any atom is 0.223 e. The van der Waals surface area contributed by atoms with Gasteiger partial charge in [-0.1, -0.05) is 49.0 Å². The number of halogens is 1. The van der Waals surface area contributed by atoms with Gasteiger partial charge in [0.25, 0.3) is 0 Å². The number of hydrogen-bond donors (Lipinski definition) is 1. The first kappa shape index (κ1) is 16.0. The van der Waals surface area contributed by atoms with E-state index in [4.69, 9.17) is 0 Å². The molecule has 0 bridgehead atoms. The van der Waals surface area contributed by atoms with Gasteiger partial charge < -0.3 is 5.32 Å². The van der Waals surface area contributed by atoms with Crippen LogP contribution in [0.4, 0.5) is 0 Å². The van der Waals surface area contributed by atoms with E-state index in [-0.39, 0.29) is 11.8 Å². The summed E-state index contributed by atoms with van der Waals surface area (Å²) in [5.41, 5.74) is 0. The third kappa shape index (κ3) is 6.21. The fourth-order valence-electron chi connectivity index (χ4n) is 2.74. The van der Waals surface area contributed by atoms with Gasteiger partial charge in [-0.25, -0.2) is 0 Å². The average molecular weight is 318 g/mol.